The van der Waals surface area contributed by atoms with E-state index in [0.29, 0.717) is 40.0 Å². The monoisotopic (exact) mass is 431 g/mol. The summed E-state index contributed by atoms with van der Waals surface area (Å²) in [6.45, 7) is 5.55. The molecule has 150 valence electrons. The average Bonchev–Trinajstić information content (AvgIpc) is 2.67. The minimum Gasteiger partial charge on any atom is -0.384 e. The predicted octanol–water partition coefficient (Wildman–Crippen LogP) is 2.48. The summed E-state index contributed by atoms with van der Waals surface area (Å²) in [6.07, 6.45) is 4.86. The molecule has 0 aromatic carbocycles. The maximum absolute atomic E-state index is 10.8. The number of nitrogens with one attached hydrogen (secondary N) is 2. The Hall–Kier alpha value is -3.08. The minimum atomic E-state index is -2.75. The lowest BCUT2D eigenvalue weighted by atomic mass is 10.1. The van der Waals surface area contributed by atoms with Crippen molar-refractivity contribution in [3.05, 3.63) is 59.3 Å². The molecule has 0 unspecified atom stereocenters. The van der Waals surface area contributed by atoms with Gasteiger partial charge in [0.15, 0.2) is 0 Å². The van der Waals surface area contributed by atoms with Crippen molar-refractivity contribution >= 4 is 45.9 Å². The molecule has 11 heteroatoms. The van der Waals surface area contributed by atoms with Crippen molar-refractivity contribution in [3.8, 4) is 11.3 Å². The third kappa shape index (κ3) is 5.25. The summed E-state index contributed by atoms with van der Waals surface area (Å²) >= 11 is 6.05. The van der Waals surface area contributed by atoms with Crippen LogP contribution in [0.3, 0.4) is 0 Å². The van der Waals surface area contributed by atoms with Crippen LogP contribution in [0.15, 0.2) is 37.2 Å². The van der Waals surface area contributed by atoms with Crippen LogP contribution in [-0.2, 0) is 17.4 Å². The minimum absolute atomic E-state index is 0.0252. The Morgan fingerprint density at radius 2 is 2.00 bits per heavy atom. The number of halogens is 1. The Balaban J connectivity index is 2.01. The molecule has 0 atom stereocenters. The van der Waals surface area contributed by atoms with Crippen LogP contribution in [0.25, 0.3) is 17.3 Å². The van der Waals surface area contributed by atoms with Gasteiger partial charge in [-0.2, -0.15) is 0 Å². The van der Waals surface area contributed by atoms with Crippen LogP contribution in [0.4, 0.5) is 17.3 Å². The molecule has 0 saturated carbocycles. The van der Waals surface area contributed by atoms with E-state index in [-0.39, 0.29) is 11.7 Å². The van der Waals surface area contributed by atoms with Gasteiger partial charge >= 0.3 is 0 Å². The van der Waals surface area contributed by atoms with Crippen molar-refractivity contribution in [1.29, 1.82) is 0 Å². The van der Waals surface area contributed by atoms with E-state index in [2.05, 4.69) is 36.6 Å². The summed E-state index contributed by atoms with van der Waals surface area (Å²) in [5.74, 6) is 1.38. The van der Waals surface area contributed by atoms with E-state index in [9.17, 15) is 8.42 Å². The number of aryl methyl sites for hydroxylation is 1. The van der Waals surface area contributed by atoms with Gasteiger partial charge in [0.05, 0.1) is 17.6 Å². The second-order valence-corrected chi connectivity index (χ2v) is 7.17. The molecule has 29 heavy (non-hydrogen) atoms. The average molecular weight is 432 g/mol. The number of nitrogen functional groups attached to an aromatic ring is 1. The van der Waals surface area contributed by atoms with Gasteiger partial charge in [-0.05, 0) is 24.6 Å². The molecule has 0 spiro atoms. The molecule has 0 aliphatic rings. The maximum atomic E-state index is 10.8. The van der Waals surface area contributed by atoms with Crippen LogP contribution in [0.1, 0.15) is 17.0 Å². The topological polar surface area (TPSA) is 136 Å². The lowest BCUT2D eigenvalue weighted by molar-refractivity contribution is 0.601. The predicted molar refractivity (Wildman–Crippen MR) is 114 cm³/mol. The Morgan fingerprint density at radius 3 is 2.69 bits per heavy atom. The Bertz CT molecular complexity index is 1120. The lowest BCUT2D eigenvalue weighted by Gasteiger charge is -2.13. The molecule has 4 N–H and O–H groups in total. The number of pyridine rings is 2. The highest BCUT2D eigenvalue weighted by Gasteiger charge is 2.12. The molecule has 0 amide bonds. The largest absolute Gasteiger partial charge is 0.384 e. The summed E-state index contributed by atoms with van der Waals surface area (Å²) < 4.78 is 23.9. The smallest absolute Gasteiger partial charge is 0.201 e. The molecule has 0 aliphatic heterocycles. The maximum Gasteiger partial charge on any atom is 0.201 e. The first-order valence-electron chi connectivity index (χ1n) is 8.39. The van der Waals surface area contributed by atoms with Crippen LogP contribution in [0.2, 0.25) is 5.15 Å². The Morgan fingerprint density at radius 1 is 1.21 bits per heavy atom. The zero-order valence-electron chi connectivity index (χ0n) is 15.4. The number of nitrogens with two attached hydrogens (primary N) is 1. The van der Waals surface area contributed by atoms with Crippen LogP contribution in [0, 0.1) is 6.92 Å². The second-order valence-electron chi connectivity index (χ2n) is 5.99. The van der Waals surface area contributed by atoms with Crippen molar-refractivity contribution in [3.63, 3.8) is 0 Å². The number of nitrogens with zero attached hydrogens (tertiary/aromatic N) is 4. The molecule has 0 radical (unpaired) electrons. The van der Waals surface area contributed by atoms with Crippen molar-refractivity contribution in [1.82, 2.24) is 24.7 Å². The molecular weight excluding hydrogens is 414 g/mol. The quantitative estimate of drug-likeness (QED) is 0.331. The standard InChI is InChI=1S/C18H18ClN7O2S/c1-3-11-4-14(15-6-16(20)25-10(2)24-15)18(22-7-11)26-13-5-12(8-23-29(27)28)17(19)21-9-13/h3-7,9,29H,1,8H2,2H3,(H,22,26)(H2,20,24,25)(H,23,27,28). The van der Waals surface area contributed by atoms with E-state index in [1.165, 1.54) is 6.20 Å². The fraction of sp³-hybridized carbons (Fsp3) is 0.111. The van der Waals surface area contributed by atoms with Crippen molar-refractivity contribution in [2.75, 3.05) is 11.1 Å². The highest BCUT2D eigenvalue weighted by Crippen LogP contribution is 2.30. The normalized spacial score (nSPS) is 10.9. The summed E-state index contributed by atoms with van der Waals surface area (Å²) in [7, 11) is -2.75. The third-order valence-corrected chi connectivity index (χ3v) is 4.61. The highest BCUT2D eigenvalue weighted by molar-refractivity contribution is 7.70. The van der Waals surface area contributed by atoms with Gasteiger partial charge in [-0.15, -0.1) is 0 Å². The van der Waals surface area contributed by atoms with Crippen molar-refractivity contribution < 1.29 is 8.42 Å². The van der Waals surface area contributed by atoms with Gasteiger partial charge in [-0.3, -0.25) is 0 Å². The van der Waals surface area contributed by atoms with Crippen molar-refractivity contribution in [2.24, 2.45) is 0 Å². The first-order chi connectivity index (χ1) is 13.9. The summed E-state index contributed by atoms with van der Waals surface area (Å²) in [5.41, 5.74) is 9.06. The SMILES string of the molecule is C=Cc1cnc(Nc2cnc(Cl)c(CN[SH](=O)=O)c2)c(-c2cc(N)nc(C)n2)c1. The molecule has 3 heterocycles. The van der Waals surface area contributed by atoms with Gasteiger partial charge in [0.2, 0.25) is 10.9 Å². The van der Waals surface area contributed by atoms with E-state index in [4.69, 9.17) is 17.3 Å². The molecule has 9 nitrogen and oxygen atoms in total. The first-order valence-corrected chi connectivity index (χ1v) is 9.94. The van der Waals surface area contributed by atoms with E-state index >= 15 is 0 Å². The fourth-order valence-electron chi connectivity index (χ4n) is 2.59. The fourth-order valence-corrected chi connectivity index (χ4v) is 3.06. The van der Waals surface area contributed by atoms with Crippen LogP contribution >= 0.6 is 11.6 Å². The van der Waals surface area contributed by atoms with E-state index in [1.807, 2.05) is 6.07 Å². The zero-order chi connectivity index (χ0) is 21.0. The van der Waals surface area contributed by atoms with Gasteiger partial charge in [0, 0.05) is 29.9 Å². The van der Waals surface area contributed by atoms with Gasteiger partial charge in [0.1, 0.15) is 22.6 Å². The molecule has 3 aromatic heterocycles. The Kier molecular flexibility index (Phi) is 6.37. The highest BCUT2D eigenvalue weighted by atomic mass is 35.5. The van der Waals surface area contributed by atoms with Crippen LogP contribution in [0.5, 0.6) is 0 Å². The number of hydrogen-bond acceptors (Lipinski definition) is 8. The second kappa shape index (κ2) is 8.95. The lowest BCUT2D eigenvalue weighted by Crippen LogP contribution is -2.11. The summed E-state index contributed by atoms with van der Waals surface area (Å²) in [5, 5.41) is 3.37. The van der Waals surface area contributed by atoms with Gasteiger partial charge < -0.3 is 11.1 Å². The molecule has 0 fully saturated rings. The Labute approximate surface area is 174 Å². The van der Waals surface area contributed by atoms with Crippen LogP contribution < -0.4 is 15.8 Å². The number of aromatic nitrogens is 4. The van der Waals surface area contributed by atoms with Crippen molar-refractivity contribution in [2.45, 2.75) is 13.5 Å². The zero-order valence-corrected chi connectivity index (χ0v) is 17.0. The van der Waals surface area contributed by atoms with E-state index in [0.717, 1.165) is 5.56 Å². The van der Waals surface area contributed by atoms with Gasteiger partial charge in [-0.25, -0.2) is 33.1 Å². The molecule has 0 aliphatic carbocycles. The van der Waals surface area contributed by atoms with Gasteiger partial charge in [0.25, 0.3) is 0 Å². The third-order valence-electron chi connectivity index (χ3n) is 3.85. The number of thiol groups is 1. The molecule has 0 bridgehead atoms. The van der Waals surface area contributed by atoms with E-state index < -0.39 is 10.9 Å². The molecule has 3 aromatic rings. The molecular formula is C18H18ClN7O2S. The summed E-state index contributed by atoms with van der Waals surface area (Å²) in [6, 6.07) is 5.22. The molecule has 0 saturated heterocycles. The van der Waals surface area contributed by atoms with Gasteiger partial charge in [-0.1, -0.05) is 24.3 Å². The molecule has 3 rings (SSSR count). The van der Waals surface area contributed by atoms with E-state index in [1.54, 1.807) is 31.3 Å². The first kappa shape index (κ1) is 20.6. The number of hydrogen-bond donors (Lipinski definition) is 4. The summed E-state index contributed by atoms with van der Waals surface area (Å²) in [4.78, 5) is 17.1. The number of rotatable bonds is 7. The number of anilines is 3. The van der Waals surface area contributed by atoms with Crippen LogP contribution in [-0.4, -0.2) is 28.4 Å².